The van der Waals surface area contributed by atoms with Crippen LogP contribution >= 0.6 is 0 Å². The third-order valence-corrected chi connectivity index (χ3v) is 3.66. The monoisotopic (exact) mass is 405 g/mol. The maximum atomic E-state index is 13.6. The van der Waals surface area contributed by atoms with E-state index in [1.807, 2.05) is 0 Å². The zero-order valence-corrected chi connectivity index (χ0v) is 13.7. The fourth-order valence-electron chi connectivity index (χ4n) is 2.28. The number of carboxylic acid groups (broad SMARTS) is 1. The van der Waals surface area contributed by atoms with E-state index in [2.05, 4.69) is 0 Å². The molecule has 2 rings (SSSR count). The number of hydrogen-bond donors (Lipinski definition) is 2. The van der Waals surface area contributed by atoms with Gasteiger partial charge in [-0.05, 0) is 18.2 Å². The number of halogens is 6. The second kappa shape index (κ2) is 7.41. The van der Waals surface area contributed by atoms with Crippen LogP contribution in [0.2, 0.25) is 0 Å². The van der Waals surface area contributed by atoms with Crippen LogP contribution in [0.15, 0.2) is 54.6 Å². The van der Waals surface area contributed by atoms with E-state index in [4.69, 9.17) is 0 Å². The van der Waals surface area contributed by atoms with Gasteiger partial charge in [0.2, 0.25) is 0 Å². The highest BCUT2D eigenvalue weighted by atomic mass is 19.4. The molecule has 0 radical (unpaired) electrons. The van der Waals surface area contributed by atoms with Crippen LogP contribution < -0.4 is 15.7 Å². The predicted molar refractivity (Wildman–Crippen MR) is 83.1 cm³/mol. The number of alkyl halides is 6. The van der Waals surface area contributed by atoms with Crippen molar-refractivity contribution in [2.45, 2.75) is 18.0 Å². The van der Waals surface area contributed by atoms with Crippen LogP contribution in [0.5, 0.6) is 0 Å². The summed E-state index contributed by atoms with van der Waals surface area (Å²) in [5.74, 6) is -3.68. The summed E-state index contributed by atoms with van der Waals surface area (Å²) in [5, 5.41) is 13.1. The summed E-state index contributed by atoms with van der Waals surface area (Å²) in [7, 11) is 0. The van der Waals surface area contributed by atoms with E-state index in [0.29, 0.717) is 6.07 Å². The zero-order chi connectivity index (χ0) is 21.2. The maximum Gasteiger partial charge on any atom is 0.439 e. The largest absolute Gasteiger partial charge is 0.545 e. The van der Waals surface area contributed by atoms with Crippen LogP contribution in [0.1, 0.15) is 20.7 Å². The SMILES string of the molecule is O=C(NC(Nc1ccccc1C(=O)[O-])(C(F)(F)F)C(F)(F)F)c1ccccc1. The molecule has 0 aliphatic carbocycles. The molecular weight excluding hydrogens is 394 g/mol. The van der Waals surface area contributed by atoms with Crippen molar-refractivity contribution in [2.75, 3.05) is 5.32 Å². The lowest BCUT2D eigenvalue weighted by Crippen LogP contribution is -2.72. The zero-order valence-electron chi connectivity index (χ0n) is 13.7. The Labute approximate surface area is 154 Å². The highest BCUT2D eigenvalue weighted by Crippen LogP contribution is 2.44. The van der Waals surface area contributed by atoms with Crippen LogP contribution in [0.3, 0.4) is 0 Å². The average Bonchev–Trinajstić information content (AvgIpc) is 2.60. The minimum Gasteiger partial charge on any atom is -0.545 e. The van der Waals surface area contributed by atoms with E-state index in [1.54, 1.807) is 0 Å². The molecule has 0 aliphatic rings. The fraction of sp³-hybridized carbons (Fsp3) is 0.176. The van der Waals surface area contributed by atoms with Crippen LogP contribution in [-0.4, -0.2) is 29.9 Å². The summed E-state index contributed by atoms with van der Waals surface area (Å²) >= 11 is 0. The Morgan fingerprint density at radius 1 is 0.786 bits per heavy atom. The smallest absolute Gasteiger partial charge is 0.439 e. The molecule has 150 valence electrons. The molecule has 11 heteroatoms. The number of carbonyl (C=O) groups excluding carboxylic acids is 2. The van der Waals surface area contributed by atoms with Crippen LogP contribution in [0.25, 0.3) is 0 Å². The van der Waals surface area contributed by atoms with Gasteiger partial charge >= 0.3 is 18.0 Å². The number of benzene rings is 2. The first-order valence-corrected chi connectivity index (χ1v) is 7.48. The van der Waals surface area contributed by atoms with Crippen LogP contribution in [-0.2, 0) is 0 Å². The number of rotatable bonds is 5. The van der Waals surface area contributed by atoms with Crippen molar-refractivity contribution < 1.29 is 41.0 Å². The minimum atomic E-state index is -6.09. The molecule has 0 heterocycles. The van der Waals surface area contributed by atoms with Gasteiger partial charge in [-0.15, -0.1) is 0 Å². The number of aromatic carboxylic acids is 1. The lowest BCUT2D eigenvalue weighted by molar-refractivity contribution is -0.294. The summed E-state index contributed by atoms with van der Waals surface area (Å²) < 4.78 is 81.6. The quantitative estimate of drug-likeness (QED) is 0.592. The van der Waals surface area contributed by atoms with Gasteiger partial charge < -0.3 is 20.5 Å². The summed E-state index contributed by atoms with van der Waals surface area (Å²) in [5.41, 5.74) is -7.41. The van der Waals surface area contributed by atoms with Crippen molar-refractivity contribution in [2.24, 2.45) is 0 Å². The van der Waals surface area contributed by atoms with Crippen molar-refractivity contribution in [1.29, 1.82) is 0 Å². The molecule has 0 unspecified atom stereocenters. The van der Waals surface area contributed by atoms with Crippen molar-refractivity contribution in [3.05, 3.63) is 65.7 Å². The summed E-state index contributed by atoms with van der Waals surface area (Å²) in [6.45, 7) is 0. The normalized spacial score (nSPS) is 12.4. The van der Waals surface area contributed by atoms with Crippen LogP contribution in [0.4, 0.5) is 32.0 Å². The van der Waals surface area contributed by atoms with Gasteiger partial charge in [-0.25, -0.2) is 0 Å². The first-order valence-electron chi connectivity index (χ1n) is 7.48. The number of anilines is 1. The molecule has 28 heavy (non-hydrogen) atoms. The van der Waals surface area contributed by atoms with Crippen molar-refractivity contribution >= 4 is 17.6 Å². The second-order valence-electron chi connectivity index (χ2n) is 5.52. The van der Waals surface area contributed by atoms with Crippen molar-refractivity contribution in [3.8, 4) is 0 Å². The van der Waals surface area contributed by atoms with Crippen molar-refractivity contribution in [3.63, 3.8) is 0 Å². The first kappa shape index (κ1) is 21.1. The Hall–Kier alpha value is -3.24. The molecule has 2 aromatic carbocycles. The molecule has 0 bridgehead atoms. The number of para-hydroxylation sites is 1. The maximum absolute atomic E-state index is 13.6. The minimum absolute atomic E-state index is 0.463. The summed E-state index contributed by atoms with van der Waals surface area (Å²) in [4.78, 5) is 23.1. The molecule has 2 N–H and O–H groups in total. The number of nitrogens with one attached hydrogen (secondary N) is 2. The third-order valence-electron chi connectivity index (χ3n) is 3.66. The Morgan fingerprint density at radius 3 is 1.79 bits per heavy atom. The Balaban J connectivity index is 2.60. The van der Waals surface area contributed by atoms with Gasteiger partial charge in [0.15, 0.2) is 0 Å². The summed E-state index contributed by atoms with van der Waals surface area (Å²) in [6.07, 6.45) is -12.2. The molecule has 0 aromatic heterocycles. The van der Waals surface area contributed by atoms with E-state index in [-0.39, 0.29) is 0 Å². The summed E-state index contributed by atoms with van der Waals surface area (Å²) in [6, 6.07) is 9.48. The fourth-order valence-corrected chi connectivity index (χ4v) is 2.28. The number of carboxylic acids is 1. The molecule has 0 spiro atoms. The van der Waals surface area contributed by atoms with Gasteiger partial charge in [0.25, 0.3) is 5.91 Å². The van der Waals surface area contributed by atoms with E-state index in [9.17, 15) is 41.0 Å². The number of amides is 1. The van der Waals surface area contributed by atoms with Crippen LogP contribution in [0, 0.1) is 0 Å². The van der Waals surface area contributed by atoms with Gasteiger partial charge in [-0.1, -0.05) is 36.4 Å². The number of carbonyl (C=O) groups is 2. The van der Waals surface area contributed by atoms with Gasteiger partial charge in [-0.2, -0.15) is 26.3 Å². The van der Waals surface area contributed by atoms with Crippen molar-refractivity contribution in [1.82, 2.24) is 5.32 Å². The van der Waals surface area contributed by atoms with Gasteiger partial charge in [0.05, 0.1) is 5.97 Å². The molecule has 5 nitrogen and oxygen atoms in total. The van der Waals surface area contributed by atoms with E-state index < -0.39 is 46.7 Å². The topological polar surface area (TPSA) is 81.3 Å². The lowest BCUT2D eigenvalue weighted by atomic mass is 10.0. The number of hydrogen-bond acceptors (Lipinski definition) is 4. The molecule has 0 fully saturated rings. The van der Waals surface area contributed by atoms with Gasteiger partial charge in [-0.3, -0.25) is 4.79 Å². The van der Waals surface area contributed by atoms with Gasteiger partial charge in [0, 0.05) is 16.8 Å². The second-order valence-corrected chi connectivity index (χ2v) is 5.52. The highest BCUT2D eigenvalue weighted by molar-refractivity contribution is 5.96. The molecule has 2 aromatic rings. The standard InChI is InChI=1S/C17H12F6N2O3/c18-16(19,20)15(17(21,22)23,25-13(26)10-6-2-1-3-7-10)24-12-9-5-4-8-11(12)14(27)28/h1-9,24H,(H,25,26)(H,27,28)/p-1. The Kier molecular flexibility index (Phi) is 5.57. The molecule has 0 saturated carbocycles. The molecule has 1 amide bonds. The molecular formula is C17H11F6N2O3-. The molecule has 0 saturated heterocycles. The van der Waals surface area contributed by atoms with E-state index in [0.717, 1.165) is 41.0 Å². The van der Waals surface area contributed by atoms with E-state index in [1.165, 1.54) is 18.2 Å². The first-order chi connectivity index (χ1) is 12.9. The predicted octanol–water partition coefficient (Wildman–Crippen LogP) is 2.71. The van der Waals surface area contributed by atoms with E-state index >= 15 is 0 Å². The Morgan fingerprint density at radius 2 is 1.29 bits per heavy atom. The highest BCUT2D eigenvalue weighted by Gasteiger charge is 2.72. The lowest BCUT2D eigenvalue weighted by Gasteiger charge is -2.39. The molecule has 0 atom stereocenters. The Bertz CT molecular complexity index is 851. The van der Waals surface area contributed by atoms with Gasteiger partial charge in [0.1, 0.15) is 0 Å². The average molecular weight is 405 g/mol. The molecule has 0 aliphatic heterocycles. The third kappa shape index (κ3) is 4.02.